The monoisotopic (exact) mass is 306 g/mol. The highest BCUT2D eigenvalue weighted by Gasteiger charge is 2.42. The summed E-state index contributed by atoms with van der Waals surface area (Å²) in [7, 11) is 0. The second-order valence-electron chi connectivity index (χ2n) is 6.60. The summed E-state index contributed by atoms with van der Waals surface area (Å²) in [6.07, 6.45) is 7.64. The molecular formula is C17H26N2OS. The largest absolute Gasteiger partial charge is 0.342 e. The summed E-state index contributed by atoms with van der Waals surface area (Å²) in [6.45, 7) is 1.88. The van der Waals surface area contributed by atoms with E-state index in [4.69, 9.17) is 5.73 Å². The number of nitrogens with zero attached hydrogens (tertiary/aromatic N) is 1. The van der Waals surface area contributed by atoms with Crippen LogP contribution in [0.2, 0.25) is 0 Å². The van der Waals surface area contributed by atoms with Crippen LogP contribution < -0.4 is 5.73 Å². The number of unbranched alkanes of at least 4 members (excludes halogenated alkanes) is 2. The first-order valence-corrected chi connectivity index (χ1v) is 9.18. The van der Waals surface area contributed by atoms with Crippen LogP contribution >= 0.6 is 11.3 Å². The number of thiophene rings is 1. The van der Waals surface area contributed by atoms with Gasteiger partial charge in [-0.05, 0) is 55.4 Å². The van der Waals surface area contributed by atoms with Gasteiger partial charge in [0.05, 0.1) is 0 Å². The number of carbonyl (C=O) groups excluding carboxylic acids is 1. The number of nitrogens with two attached hydrogens (primary N) is 1. The van der Waals surface area contributed by atoms with Gasteiger partial charge in [0.25, 0.3) is 0 Å². The van der Waals surface area contributed by atoms with Crippen LogP contribution in [0.5, 0.6) is 0 Å². The number of fused-ring (bicyclic) bond motifs is 1. The van der Waals surface area contributed by atoms with Crippen molar-refractivity contribution in [3.05, 3.63) is 22.4 Å². The van der Waals surface area contributed by atoms with Gasteiger partial charge >= 0.3 is 0 Å². The summed E-state index contributed by atoms with van der Waals surface area (Å²) in [5.41, 5.74) is 6.13. The summed E-state index contributed by atoms with van der Waals surface area (Å²) in [5.74, 6) is 1.61. The van der Waals surface area contributed by atoms with Gasteiger partial charge in [-0.3, -0.25) is 4.79 Å². The molecule has 1 amide bonds. The van der Waals surface area contributed by atoms with Crippen LogP contribution in [0.25, 0.3) is 0 Å². The Balaban J connectivity index is 1.32. The smallest absolute Gasteiger partial charge is 0.222 e. The highest BCUT2D eigenvalue weighted by molar-refractivity contribution is 7.09. The van der Waals surface area contributed by atoms with Gasteiger partial charge in [0.2, 0.25) is 5.91 Å². The number of likely N-dealkylation sites (tertiary alicyclic amines) is 1. The first kappa shape index (κ1) is 15.0. The Hall–Kier alpha value is -0.870. The van der Waals surface area contributed by atoms with Crippen LogP contribution in [0.1, 0.15) is 43.4 Å². The van der Waals surface area contributed by atoms with E-state index in [0.29, 0.717) is 23.8 Å². The van der Waals surface area contributed by atoms with Gasteiger partial charge in [0.1, 0.15) is 0 Å². The molecule has 116 valence electrons. The highest BCUT2D eigenvalue weighted by Crippen LogP contribution is 2.37. The van der Waals surface area contributed by atoms with Gasteiger partial charge in [0, 0.05) is 30.4 Å². The SMILES string of the molecule is NC1CCC2CN(C(=O)CCCCCc3cccs3)CC12. The van der Waals surface area contributed by atoms with Crippen LogP contribution in [0.15, 0.2) is 17.5 Å². The van der Waals surface area contributed by atoms with Crippen molar-refractivity contribution in [2.24, 2.45) is 17.6 Å². The first-order chi connectivity index (χ1) is 10.2. The normalized spacial score (nSPS) is 28.0. The zero-order valence-electron chi connectivity index (χ0n) is 12.7. The number of rotatable bonds is 6. The quantitative estimate of drug-likeness (QED) is 0.821. The van der Waals surface area contributed by atoms with Crippen molar-refractivity contribution < 1.29 is 4.79 Å². The summed E-state index contributed by atoms with van der Waals surface area (Å²) < 4.78 is 0. The van der Waals surface area contributed by atoms with Crippen molar-refractivity contribution in [1.29, 1.82) is 0 Å². The molecule has 0 radical (unpaired) electrons. The Morgan fingerprint density at radius 2 is 2.19 bits per heavy atom. The average molecular weight is 306 g/mol. The van der Waals surface area contributed by atoms with Crippen LogP contribution in [-0.2, 0) is 11.2 Å². The van der Waals surface area contributed by atoms with Gasteiger partial charge < -0.3 is 10.6 Å². The zero-order chi connectivity index (χ0) is 14.7. The summed E-state index contributed by atoms with van der Waals surface area (Å²) >= 11 is 1.83. The standard InChI is InChI=1S/C17H26N2OS/c18-16-9-8-13-11-19(12-15(13)16)17(20)7-3-1-2-5-14-6-4-10-21-14/h4,6,10,13,15-16H,1-3,5,7-9,11-12,18H2. The molecule has 3 atom stereocenters. The molecule has 1 aliphatic heterocycles. The topological polar surface area (TPSA) is 46.3 Å². The van der Waals surface area contributed by atoms with Crippen molar-refractivity contribution in [2.45, 2.75) is 51.0 Å². The molecule has 0 aromatic carbocycles. The fourth-order valence-electron chi connectivity index (χ4n) is 3.88. The molecule has 4 heteroatoms. The highest BCUT2D eigenvalue weighted by atomic mass is 32.1. The second kappa shape index (κ2) is 6.93. The molecule has 21 heavy (non-hydrogen) atoms. The number of carbonyl (C=O) groups is 1. The van der Waals surface area contributed by atoms with Gasteiger partial charge in [-0.2, -0.15) is 0 Å². The Bertz CT molecular complexity index is 459. The minimum Gasteiger partial charge on any atom is -0.342 e. The molecule has 0 spiro atoms. The van der Waals surface area contributed by atoms with Crippen molar-refractivity contribution in [1.82, 2.24) is 4.90 Å². The van der Waals surface area contributed by atoms with E-state index in [-0.39, 0.29) is 0 Å². The lowest BCUT2D eigenvalue weighted by atomic mass is 9.98. The minimum absolute atomic E-state index is 0.332. The average Bonchev–Trinajstić information content (AvgIpc) is 3.18. The molecule has 1 saturated heterocycles. The Morgan fingerprint density at radius 1 is 1.29 bits per heavy atom. The molecule has 2 aliphatic rings. The fraction of sp³-hybridized carbons (Fsp3) is 0.706. The lowest BCUT2D eigenvalue weighted by Crippen LogP contribution is -2.33. The van der Waals surface area contributed by atoms with Crippen LogP contribution in [0.3, 0.4) is 0 Å². The van der Waals surface area contributed by atoms with E-state index in [1.807, 2.05) is 11.3 Å². The van der Waals surface area contributed by atoms with Gasteiger partial charge in [0.15, 0.2) is 0 Å². The molecule has 1 saturated carbocycles. The maximum absolute atomic E-state index is 12.3. The Kier molecular flexibility index (Phi) is 4.96. The van der Waals surface area contributed by atoms with Gasteiger partial charge in [-0.1, -0.05) is 12.5 Å². The molecule has 3 nitrogen and oxygen atoms in total. The predicted molar refractivity (Wildman–Crippen MR) is 87.3 cm³/mol. The van der Waals surface area contributed by atoms with Crippen molar-refractivity contribution >= 4 is 17.2 Å². The molecule has 0 bridgehead atoms. The summed E-state index contributed by atoms with van der Waals surface area (Å²) in [5, 5.41) is 2.13. The molecule has 2 N–H and O–H groups in total. The first-order valence-electron chi connectivity index (χ1n) is 8.30. The van der Waals surface area contributed by atoms with E-state index in [9.17, 15) is 4.79 Å². The van der Waals surface area contributed by atoms with E-state index in [2.05, 4.69) is 22.4 Å². The maximum Gasteiger partial charge on any atom is 0.222 e. The molecule has 1 aliphatic carbocycles. The fourth-order valence-corrected chi connectivity index (χ4v) is 4.63. The molecule has 2 heterocycles. The summed E-state index contributed by atoms with van der Waals surface area (Å²) in [4.78, 5) is 15.8. The number of aryl methyl sites for hydroxylation is 1. The van der Waals surface area contributed by atoms with E-state index in [0.717, 1.165) is 45.2 Å². The van der Waals surface area contributed by atoms with Crippen LogP contribution in [0.4, 0.5) is 0 Å². The third kappa shape index (κ3) is 3.67. The minimum atomic E-state index is 0.332. The zero-order valence-corrected chi connectivity index (χ0v) is 13.5. The van der Waals surface area contributed by atoms with E-state index in [1.54, 1.807) is 0 Å². The van der Waals surface area contributed by atoms with Gasteiger partial charge in [-0.15, -0.1) is 11.3 Å². The number of amides is 1. The lowest BCUT2D eigenvalue weighted by molar-refractivity contribution is -0.130. The molecule has 1 aromatic heterocycles. The Morgan fingerprint density at radius 3 is 2.95 bits per heavy atom. The van der Waals surface area contributed by atoms with E-state index in [1.165, 1.54) is 17.7 Å². The van der Waals surface area contributed by atoms with E-state index >= 15 is 0 Å². The van der Waals surface area contributed by atoms with Gasteiger partial charge in [-0.25, -0.2) is 0 Å². The number of hydrogen-bond acceptors (Lipinski definition) is 3. The molecule has 1 aromatic rings. The van der Waals surface area contributed by atoms with Crippen LogP contribution in [0, 0.1) is 11.8 Å². The van der Waals surface area contributed by atoms with Crippen molar-refractivity contribution in [2.75, 3.05) is 13.1 Å². The maximum atomic E-state index is 12.3. The Labute approximate surface area is 131 Å². The summed E-state index contributed by atoms with van der Waals surface area (Å²) in [6, 6.07) is 4.64. The van der Waals surface area contributed by atoms with Crippen LogP contribution in [-0.4, -0.2) is 29.9 Å². The third-order valence-corrected chi connectivity index (χ3v) is 6.10. The van der Waals surface area contributed by atoms with E-state index < -0.39 is 0 Å². The number of hydrogen-bond donors (Lipinski definition) is 1. The molecule has 3 rings (SSSR count). The van der Waals surface area contributed by atoms with Crippen molar-refractivity contribution in [3.8, 4) is 0 Å². The molecule has 2 fully saturated rings. The van der Waals surface area contributed by atoms with Crippen molar-refractivity contribution in [3.63, 3.8) is 0 Å². The second-order valence-corrected chi connectivity index (χ2v) is 7.64. The third-order valence-electron chi connectivity index (χ3n) is 5.16. The lowest BCUT2D eigenvalue weighted by Gasteiger charge is -2.18. The predicted octanol–water partition coefficient (Wildman–Crippen LogP) is 3.05. The molecular weight excluding hydrogens is 280 g/mol. The molecule has 3 unspecified atom stereocenters.